The predicted molar refractivity (Wildman–Crippen MR) is 137 cm³/mol. The maximum atomic E-state index is 13.8. The van der Waals surface area contributed by atoms with Crippen LogP contribution in [-0.2, 0) is 19.5 Å². The van der Waals surface area contributed by atoms with Crippen LogP contribution in [0.25, 0.3) is 11.5 Å². The second-order valence-electron chi connectivity index (χ2n) is 8.83. The fourth-order valence-electron chi connectivity index (χ4n) is 5.01. The fourth-order valence-corrected chi connectivity index (χ4v) is 5.01. The Hall–Kier alpha value is -4.52. The van der Waals surface area contributed by atoms with Gasteiger partial charge in [-0.05, 0) is 48.4 Å². The SMILES string of the molecule is CCc1nn(-c2ccccc2)c2c1CN(C(=O)NCc1ccco1)[C@H](c1ccccc1)c1cccn1-2. The van der Waals surface area contributed by atoms with Gasteiger partial charge in [0, 0.05) is 11.8 Å². The summed E-state index contributed by atoms with van der Waals surface area (Å²) in [6.45, 7) is 2.85. The number of urea groups is 1. The van der Waals surface area contributed by atoms with Crippen LogP contribution in [0, 0.1) is 0 Å². The summed E-state index contributed by atoms with van der Waals surface area (Å²) < 4.78 is 9.64. The van der Waals surface area contributed by atoms with E-state index in [9.17, 15) is 4.79 Å². The first-order valence-corrected chi connectivity index (χ1v) is 12.2. The van der Waals surface area contributed by atoms with Crippen LogP contribution in [0.15, 0.2) is 102 Å². The number of aryl methyl sites for hydroxylation is 1. The van der Waals surface area contributed by atoms with Crippen LogP contribution in [-0.4, -0.2) is 25.3 Å². The summed E-state index contributed by atoms with van der Waals surface area (Å²) in [7, 11) is 0. The highest BCUT2D eigenvalue weighted by Gasteiger charge is 2.36. The van der Waals surface area contributed by atoms with Gasteiger partial charge in [0.2, 0.25) is 0 Å². The smallest absolute Gasteiger partial charge is 0.318 e. The number of hydrogen-bond acceptors (Lipinski definition) is 3. The number of nitrogens with one attached hydrogen (secondary N) is 1. The molecule has 0 saturated heterocycles. The summed E-state index contributed by atoms with van der Waals surface area (Å²) >= 11 is 0. The average molecular weight is 478 g/mol. The van der Waals surface area contributed by atoms with Gasteiger partial charge in [0.1, 0.15) is 11.6 Å². The molecule has 36 heavy (non-hydrogen) atoms. The first kappa shape index (κ1) is 22.0. The summed E-state index contributed by atoms with van der Waals surface area (Å²) in [5.41, 5.74) is 5.07. The lowest BCUT2D eigenvalue weighted by atomic mass is 10.0. The summed E-state index contributed by atoms with van der Waals surface area (Å²) in [5.74, 6) is 1.69. The number of aromatic nitrogens is 3. The van der Waals surface area contributed by atoms with Gasteiger partial charge < -0.3 is 19.2 Å². The summed E-state index contributed by atoms with van der Waals surface area (Å²) in [4.78, 5) is 15.7. The van der Waals surface area contributed by atoms with Gasteiger partial charge in [0.15, 0.2) is 0 Å². The molecule has 3 aromatic heterocycles. The van der Waals surface area contributed by atoms with Crippen molar-refractivity contribution in [1.29, 1.82) is 0 Å². The highest BCUT2D eigenvalue weighted by molar-refractivity contribution is 5.76. The van der Waals surface area contributed by atoms with Crippen molar-refractivity contribution in [2.24, 2.45) is 0 Å². The predicted octanol–water partition coefficient (Wildman–Crippen LogP) is 5.63. The molecule has 7 heteroatoms. The summed E-state index contributed by atoms with van der Waals surface area (Å²) in [5, 5.41) is 8.07. The van der Waals surface area contributed by atoms with E-state index in [0.29, 0.717) is 18.8 Å². The molecule has 0 spiro atoms. The van der Waals surface area contributed by atoms with E-state index in [-0.39, 0.29) is 12.1 Å². The summed E-state index contributed by atoms with van der Waals surface area (Å²) in [6, 6.07) is 27.7. The molecule has 2 aromatic carbocycles. The molecular formula is C29H27N5O2. The van der Waals surface area contributed by atoms with Crippen LogP contribution < -0.4 is 5.32 Å². The third-order valence-electron chi connectivity index (χ3n) is 6.67. The minimum atomic E-state index is -0.279. The van der Waals surface area contributed by atoms with Crippen LogP contribution in [0.2, 0.25) is 0 Å². The first-order chi connectivity index (χ1) is 17.7. The lowest BCUT2D eigenvalue weighted by molar-refractivity contribution is 0.179. The average Bonchev–Trinajstić information content (AvgIpc) is 3.67. The number of amides is 2. The van der Waals surface area contributed by atoms with Gasteiger partial charge in [-0.2, -0.15) is 5.10 Å². The van der Waals surface area contributed by atoms with Crippen LogP contribution in [0.4, 0.5) is 4.79 Å². The molecule has 1 N–H and O–H groups in total. The molecular weight excluding hydrogens is 450 g/mol. The Morgan fingerprint density at radius 1 is 1.00 bits per heavy atom. The number of furan rings is 1. The van der Waals surface area contributed by atoms with Crippen molar-refractivity contribution in [3.63, 3.8) is 0 Å². The van der Waals surface area contributed by atoms with Crippen molar-refractivity contribution in [2.45, 2.75) is 32.5 Å². The van der Waals surface area contributed by atoms with Crippen molar-refractivity contribution < 1.29 is 9.21 Å². The van der Waals surface area contributed by atoms with Crippen molar-refractivity contribution in [3.05, 3.63) is 126 Å². The van der Waals surface area contributed by atoms with Crippen LogP contribution >= 0.6 is 0 Å². The number of rotatable bonds is 5. The molecule has 4 heterocycles. The molecule has 0 saturated carbocycles. The minimum Gasteiger partial charge on any atom is -0.467 e. The number of fused-ring (bicyclic) bond motifs is 3. The molecule has 0 aliphatic carbocycles. The maximum absolute atomic E-state index is 13.8. The Labute approximate surface area is 209 Å². The van der Waals surface area contributed by atoms with E-state index < -0.39 is 0 Å². The Morgan fingerprint density at radius 2 is 1.78 bits per heavy atom. The van der Waals surface area contributed by atoms with E-state index in [1.807, 2.05) is 64.2 Å². The van der Waals surface area contributed by atoms with Crippen molar-refractivity contribution in [2.75, 3.05) is 0 Å². The number of carbonyl (C=O) groups excluding carboxylic acids is 1. The van der Waals surface area contributed by atoms with E-state index in [0.717, 1.165) is 40.4 Å². The highest BCUT2D eigenvalue weighted by Crippen LogP contribution is 2.38. The Kier molecular flexibility index (Phi) is 5.65. The van der Waals surface area contributed by atoms with E-state index in [1.54, 1.807) is 6.26 Å². The van der Waals surface area contributed by atoms with Crippen molar-refractivity contribution >= 4 is 6.03 Å². The normalized spacial score (nSPS) is 14.7. The molecule has 0 unspecified atom stereocenters. The molecule has 0 fully saturated rings. The number of para-hydroxylation sites is 1. The van der Waals surface area contributed by atoms with Crippen LogP contribution in [0.1, 0.15) is 41.2 Å². The van der Waals surface area contributed by atoms with E-state index in [2.05, 4.69) is 53.3 Å². The molecule has 6 rings (SSSR count). The summed E-state index contributed by atoms with van der Waals surface area (Å²) in [6.07, 6.45) is 4.44. The van der Waals surface area contributed by atoms with Gasteiger partial charge in [-0.15, -0.1) is 0 Å². The Morgan fingerprint density at radius 3 is 2.50 bits per heavy atom. The molecule has 0 bridgehead atoms. The van der Waals surface area contributed by atoms with E-state index in [1.165, 1.54) is 0 Å². The quantitative estimate of drug-likeness (QED) is 0.357. The second kappa shape index (κ2) is 9.26. The van der Waals surface area contributed by atoms with Crippen molar-refractivity contribution in [1.82, 2.24) is 24.6 Å². The molecule has 1 aliphatic rings. The number of carbonyl (C=O) groups is 1. The van der Waals surface area contributed by atoms with Gasteiger partial charge in [-0.1, -0.05) is 55.5 Å². The van der Waals surface area contributed by atoms with Gasteiger partial charge in [0.25, 0.3) is 0 Å². The minimum absolute atomic E-state index is 0.157. The van der Waals surface area contributed by atoms with Crippen LogP contribution in [0.3, 0.4) is 0 Å². The monoisotopic (exact) mass is 477 g/mol. The van der Waals surface area contributed by atoms with Crippen LogP contribution in [0.5, 0.6) is 0 Å². The van der Waals surface area contributed by atoms with Gasteiger partial charge in [-0.25, -0.2) is 9.48 Å². The topological polar surface area (TPSA) is 68.2 Å². The zero-order chi connectivity index (χ0) is 24.5. The Balaban J connectivity index is 1.52. The van der Waals surface area contributed by atoms with E-state index in [4.69, 9.17) is 9.52 Å². The third kappa shape index (κ3) is 3.79. The first-order valence-electron chi connectivity index (χ1n) is 12.2. The zero-order valence-electron chi connectivity index (χ0n) is 20.0. The standard InChI is InChI=1S/C29H27N5O2/c1-2-25-24-20-33(29(35)30-19-23-15-10-18-36-23)27(21-11-5-3-6-12-21)26-16-9-17-32(26)28(24)34(31-25)22-13-7-4-8-14-22/h3-18,27H,2,19-20H2,1H3,(H,30,35)/t27-/m1/s1. The number of nitrogens with zero attached hydrogens (tertiary/aromatic N) is 4. The zero-order valence-corrected chi connectivity index (χ0v) is 20.0. The number of hydrogen-bond donors (Lipinski definition) is 1. The fraction of sp³-hybridized carbons (Fsp3) is 0.172. The van der Waals surface area contributed by atoms with Crippen molar-refractivity contribution in [3.8, 4) is 11.5 Å². The van der Waals surface area contributed by atoms with Gasteiger partial charge in [-0.3, -0.25) is 0 Å². The Bertz CT molecular complexity index is 1470. The molecule has 1 aliphatic heterocycles. The second-order valence-corrected chi connectivity index (χ2v) is 8.83. The maximum Gasteiger partial charge on any atom is 0.318 e. The highest BCUT2D eigenvalue weighted by atomic mass is 16.3. The van der Waals surface area contributed by atoms with Gasteiger partial charge in [0.05, 0.1) is 42.5 Å². The largest absolute Gasteiger partial charge is 0.467 e. The molecule has 180 valence electrons. The molecule has 5 aromatic rings. The molecule has 1 atom stereocenters. The van der Waals surface area contributed by atoms with E-state index >= 15 is 0 Å². The number of benzene rings is 2. The molecule has 2 amide bonds. The third-order valence-corrected chi connectivity index (χ3v) is 6.67. The molecule has 0 radical (unpaired) electrons. The van der Waals surface area contributed by atoms with Gasteiger partial charge >= 0.3 is 6.03 Å². The lowest BCUT2D eigenvalue weighted by Crippen LogP contribution is -2.41. The lowest BCUT2D eigenvalue weighted by Gasteiger charge is -2.31. The molecule has 7 nitrogen and oxygen atoms in total.